The second kappa shape index (κ2) is 4.63. The number of aliphatic hydroxyl groups excluding tert-OH is 1. The molecule has 1 N–H and O–H groups in total. The Hall–Kier alpha value is -0.340. The lowest BCUT2D eigenvalue weighted by atomic mass is 10.1. The molecule has 1 rings (SSSR count). The molecule has 0 aliphatic rings. The van der Waals surface area contributed by atoms with Gasteiger partial charge in [0.1, 0.15) is 0 Å². The van der Waals surface area contributed by atoms with E-state index in [0.29, 0.717) is 0 Å². The first kappa shape index (κ1) is 9.75. The molecule has 0 aliphatic heterocycles. The van der Waals surface area contributed by atoms with E-state index in [4.69, 9.17) is 0 Å². The molecule has 0 fully saturated rings. The summed E-state index contributed by atoms with van der Waals surface area (Å²) in [4.78, 5) is 2.39. The quantitative estimate of drug-likeness (QED) is 0.761. The molecule has 1 unspecified atom stereocenters. The summed E-state index contributed by atoms with van der Waals surface area (Å²) in [6.45, 7) is 4.22. The van der Waals surface area contributed by atoms with Crippen LogP contribution in [0.15, 0.2) is 12.1 Å². The molecule has 2 heteroatoms. The Kier molecular flexibility index (Phi) is 3.76. The van der Waals surface area contributed by atoms with Crippen LogP contribution in [0.5, 0.6) is 0 Å². The molecule has 1 nitrogen and oxygen atoms in total. The zero-order valence-electron chi connectivity index (χ0n) is 7.71. The molecule has 1 aromatic heterocycles. The molecule has 0 aromatic carbocycles. The predicted molar refractivity (Wildman–Crippen MR) is 53.5 cm³/mol. The normalized spacial score (nSPS) is 13.2. The Morgan fingerprint density at radius 1 is 1.50 bits per heavy atom. The Labute approximate surface area is 78.1 Å². The summed E-state index contributed by atoms with van der Waals surface area (Å²) in [6.07, 6.45) is 2.93. The van der Waals surface area contributed by atoms with Crippen molar-refractivity contribution < 1.29 is 5.11 Å². The molecular weight excluding hydrogens is 168 g/mol. The fourth-order valence-corrected chi connectivity index (χ4v) is 2.07. The van der Waals surface area contributed by atoms with E-state index in [9.17, 15) is 5.11 Å². The minimum Gasteiger partial charge on any atom is -0.388 e. The second-order valence-corrected chi connectivity index (χ2v) is 4.43. The third-order valence-electron chi connectivity index (χ3n) is 1.92. The zero-order valence-corrected chi connectivity index (χ0v) is 8.53. The number of hydrogen-bond donors (Lipinski definition) is 1. The van der Waals surface area contributed by atoms with Gasteiger partial charge in [0.05, 0.1) is 6.10 Å². The average molecular weight is 184 g/mol. The minimum absolute atomic E-state index is 0.233. The smallest absolute Gasteiger partial charge is 0.0882 e. The summed E-state index contributed by atoms with van der Waals surface area (Å²) in [5, 5.41) is 9.68. The van der Waals surface area contributed by atoms with Gasteiger partial charge in [-0.15, -0.1) is 11.3 Å². The SMILES string of the molecule is CCCCC(O)c1ccc(C)s1. The third-order valence-corrected chi connectivity index (χ3v) is 3.02. The van der Waals surface area contributed by atoms with Gasteiger partial charge in [-0.25, -0.2) is 0 Å². The van der Waals surface area contributed by atoms with Gasteiger partial charge in [0.25, 0.3) is 0 Å². The van der Waals surface area contributed by atoms with E-state index >= 15 is 0 Å². The van der Waals surface area contributed by atoms with Crippen molar-refractivity contribution in [2.45, 2.75) is 39.2 Å². The van der Waals surface area contributed by atoms with Crippen LogP contribution in [0, 0.1) is 6.92 Å². The average Bonchev–Trinajstić information content (AvgIpc) is 2.47. The van der Waals surface area contributed by atoms with Gasteiger partial charge < -0.3 is 5.11 Å². The van der Waals surface area contributed by atoms with Crippen LogP contribution in [-0.2, 0) is 0 Å². The maximum absolute atomic E-state index is 9.68. The van der Waals surface area contributed by atoms with Gasteiger partial charge >= 0.3 is 0 Å². The van der Waals surface area contributed by atoms with Crippen molar-refractivity contribution in [3.05, 3.63) is 21.9 Å². The fraction of sp³-hybridized carbons (Fsp3) is 0.600. The minimum atomic E-state index is -0.233. The van der Waals surface area contributed by atoms with Crippen molar-refractivity contribution in [2.24, 2.45) is 0 Å². The van der Waals surface area contributed by atoms with Crippen molar-refractivity contribution in [3.63, 3.8) is 0 Å². The van der Waals surface area contributed by atoms with E-state index < -0.39 is 0 Å². The van der Waals surface area contributed by atoms with Gasteiger partial charge in [-0.2, -0.15) is 0 Å². The van der Waals surface area contributed by atoms with Crippen molar-refractivity contribution in [2.75, 3.05) is 0 Å². The molecule has 0 spiro atoms. The van der Waals surface area contributed by atoms with Gasteiger partial charge in [-0.05, 0) is 25.5 Å². The molecule has 0 amide bonds. The van der Waals surface area contributed by atoms with Gasteiger partial charge in [-0.1, -0.05) is 19.8 Å². The maximum atomic E-state index is 9.68. The van der Waals surface area contributed by atoms with Crippen LogP contribution >= 0.6 is 11.3 Å². The predicted octanol–water partition coefficient (Wildman–Crippen LogP) is 3.28. The molecule has 0 radical (unpaired) electrons. The molecule has 1 heterocycles. The van der Waals surface area contributed by atoms with E-state index in [1.165, 1.54) is 4.88 Å². The molecule has 1 aromatic rings. The summed E-state index contributed by atoms with van der Waals surface area (Å²) < 4.78 is 0. The first-order valence-corrected chi connectivity index (χ1v) is 5.30. The van der Waals surface area contributed by atoms with E-state index in [0.717, 1.165) is 24.1 Å². The monoisotopic (exact) mass is 184 g/mol. The molecular formula is C10H16OS. The van der Waals surface area contributed by atoms with Gasteiger partial charge in [0.2, 0.25) is 0 Å². The van der Waals surface area contributed by atoms with Crippen LogP contribution < -0.4 is 0 Å². The lowest BCUT2D eigenvalue weighted by molar-refractivity contribution is 0.168. The third kappa shape index (κ3) is 2.61. The number of unbranched alkanes of at least 4 members (excludes halogenated alkanes) is 1. The zero-order chi connectivity index (χ0) is 8.97. The Bertz CT molecular complexity index is 229. The second-order valence-electron chi connectivity index (χ2n) is 3.11. The number of aryl methyl sites for hydroxylation is 1. The topological polar surface area (TPSA) is 20.2 Å². The molecule has 68 valence electrons. The van der Waals surface area contributed by atoms with Gasteiger partial charge in [-0.3, -0.25) is 0 Å². The summed E-state index contributed by atoms with van der Waals surface area (Å²) in [6, 6.07) is 4.09. The fourth-order valence-electron chi connectivity index (χ4n) is 1.17. The van der Waals surface area contributed by atoms with E-state index in [1.54, 1.807) is 11.3 Å². The first-order valence-electron chi connectivity index (χ1n) is 4.48. The summed E-state index contributed by atoms with van der Waals surface area (Å²) in [7, 11) is 0. The lowest BCUT2D eigenvalue weighted by Gasteiger charge is -2.06. The molecule has 0 bridgehead atoms. The molecule has 0 saturated heterocycles. The standard InChI is InChI=1S/C10H16OS/c1-3-4-5-9(11)10-7-6-8(2)12-10/h6-7,9,11H,3-5H2,1-2H3. The Balaban J connectivity index is 2.47. The number of thiophene rings is 1. The van der Waals surface area contributed by atoms with Crippen molar-refractivity contribution in [3.8, 4) is 0 Å². The van der Waals surface area contributed by atoms with Crippen molar-refractivity contribution >= 4 is 11.3 Å². The largest absolute Gasteiger partial charge is 0.388 e. The number of aliphatic hydroxyl groups is 1. The summed E-state index contributed by atoms with van der Waals surface area (Å²) >= 11 is 1.70. The first-order chi connectivity index (χ1) is 5.74. The molecule has 0 saturated carbocycles. The van der Waals surface area contributed by atoms with E-state index in [1.807, 2.05) is 6.07 Å². The van der Waals surface area contributed by atoms with Crippen LogP contribution in [0.25, 0.3) is 0 Å². The van der Waals surface area contributed by atoms with Crippen LogP contribution in [0.4, 0.5) is 0 Å². The molecule has 0 aliphatic carbocycles. The maximum Gasteiger partial charge on any atom is 0.0882 e. The highest BCUT2D eigenvalue weighted by molar-refractivity contribution is 7.11. The Morgan fingerprint density at radius 2 is 2.25 bits per heavy atom. The van der Waals surface area contributed by atoms with Crippen molar-refractivity contribution in [1.82, 2.24) is 0 Å². The number of rotatable bonds is 4. The van der Waals surface area contributed by atoms with E-state index in [2.05, 4.69) is 19.9 Å². The van der Waals surface area contributed by atoms with E-state index in [-0.39, 0.29) is 6.10 Å². The highest BCUT2D eigenvalue weighted by atomic mass is 32.1. The lowest BCUT2D eigenvalue weighted by Crippen LogP contribution is -1.93. The van der Waals surface area contributed by atoms with Gasteiger partial charge in [0, 0.05) is 9.75 Å². The van der Waals surface area contributed by atoms with Crippen molar-refractivity contribution in [1.29, 1.82) is 0 Å². The molecule has 1 atom stereocenters. The molecule has 12 heavy (non-hydrogen) atoms. The Morgan fingerprint density at radius 3 is 2.75 bits per heavy atom. The van der Waals surface area contributed by atoms with Crippen LogP contribution in [0.3, 0.4) is 0 Å². The van der Waals surface area contributed by atoms with Crippen LogP contribution in [0.1, 0.15) is 42.0 Å². The number of hydrogen-bond acceptors (Lipinski definition) is 2. The highest BCUT2D eigenvalue weighted by Crippen LogP contribution is 2.25. The summed E-state index contributed by atoms with van der Waals surface area (Å²) in [5.41, 5.74) is 0. The summed E-state index contributed by atoms with van der Waals surface area (Å²) in [5.74, 6) is 0. The highest BCUT2D eigenvalue weighted by Gasteiger charge is 2.07. The van der Waals surface area contributed by atoms with Gasteiger partial charge in [0.15, 0.2) is 0 Å². The van der Waals surface area contributed by atoms with Crippen LogP contribution in [-0.4, -0.2) is 5.11 Å². The van der Waals surface area contributed by atoms with Crippen LogP contribution in [0.2, 0.25) is 0 Å².